The van der Waals surface area contributed by atoms with Crippen molar-refractivity contribution in [2.45, 2.75) is 89.1 Å². The number of para-hydroxylation sites is 2. The standard InChI is InChI=1S/C44H52N4O5/c1-2-26-48(36-11-4-5-12-36)29-37-27-41(33-20-18-31(30-49)19-21-33)53-44(52-37)34-24-22-32(23-25-34)38-13-6-3-10-35(38)28-46-42(50)16-9-17-43(51)47-40-15-8-7-14-39(40)45/h2-3,6-8,10,13-15,18-25,36-37,41,44,49H,1,4-5,9,11-12,16-17,26-30,45H2,(H,46,50)(H,47,51)/t37-,41+,44+/m1/s1. The fraction of sp³-hybridized carbons (Fsp3) is 0.364. The monoisotopic (exact) mass is 716 g/mol. The number of hydrogen-bond donors (Lipinski definition) is 4. The van der Waals surface area contributed by atoms with Gasteiger partial charge < -0.3 is 30.9 Å². The lowest BCUT2D eigenvalue weighted by Gasteiger charge is -2.39. The second-order valence-corrected chi connectivity index (χ2v) is 14.1. The van der Waals surface area contributed by atoms with Crippen LogP contribution in [0.3, 0.4) is 0 Å². The first kappa shape index (κ1) is 37.9. The van der Waals surface area contributed by atoms with E-state index in [0.29, 0.717) is 30.4 Å². The summed E-state index contributed by atoms with van der Waals surface area (Å²) in [5.41, 5.74) is 12.9. The smallest absolute Gasteiger partial charge is 0.224 e. The number of nitrogens with one attached hydrogen (secondary N) is 2. The van der Waals surface area contributed by atoms with Gasteiger partial charge in [0, 0.05) is 50.5 Å². The number of amides is 2. The van der Waals surface area contributed by atoms with Gasteiger partial charge in [0.05, 0.1) is 30.2 Å². The minimum Gasteiger partial charge on any atom is -0.397 e. The zero-order valence-electron chi connectivity index (χ0n) is 30.4. The number of nitrogens with zero attached hydrogens (tertiary/aromatic N) is 1. The molecule has 5 N–H and O–H groups in total. The highest BCUT2D eigenvalue weighted by atomic mass is 16.7. The number of nitrogens with two attached hydrogens (primary N) is 1. The molecule has 4 aromatic rings. The molecule has 9 nitrogen and oxygen atoms in total. The third-order valence-electron chi connectivity index (χ3n) is 10.3. The Hall–Kier alpha value is -4.80. The van der Waals surface area contributed by atoms with Gasteiger partial charge >= 0.3 is 0 Å². The van der Waals surface area contributed by atoms with Crippen LogP contribution in [0, 0.1) is 0 Å². The van der Waals surface area contributed by atoms with Crippen LogP contribution >= 0.6 is 0 Å². The highest BCUT2D eigenvalue weighted by Crippen LogP contribution is 2.39. The molecule has 2 fully saturated rings. The first-order chi connectivity index (χ1) is 25.9. The molecule has 0 radical (unpaired) electrons. The summed E-state index contributed by atoms with van der Waals surface area (Å²) in [6, 6.07) is 32.0. The topological polar surface area (TPSA) is 126 Å². The lowest BCUT2D eigenvalue weighted by Crippen LogP contribution is -2.43. The Labute approximate surface area is 313 Å². The highest BCUT2D eigenvalue weighted by Gasteiger charge is 2.34. The molecule has 1 aliphatic carbocycles. The van der Waals surface area contributed by atoms with E-state index in [1.54, 1.807) is 12.1 Å². The van der Waals surface area contributed by atoms with Crippen LogP contribution in [0.2, 0.25) is 0 Å². The van der Waals surface area contributed by atoms with Crippen LogP contribution in [0.1, 0.15) is 86.0 Å². The Bertz CT molecular complexity index is 1810. The molecule has 2 aliphatic rings. The van der Waals surface area contributed by atoms with Crippen molar-refractivity contribution < 1.29 is 24.2 Å². The second-order valence-electron chi connectivity index (χ2n) is 14.1. The van der Waals surface area contributed by atoms with E-state index in [1.807, 2.05) is 60.7 Å². The normalized spacial score (nSPS) is 18.9. The minimum absolute atomic E-state index is 0.00607. The summed E-state index contributed by atoms with van der Waals surface area (Å²) in [5, 5.41) is 15.4. The molecule has 0 aromatic heterocycles. The van der Waals surface area contributed by atoms with Crippen molar-refractivity contribution in [1.29, 1.82) is 0 Å². The van der Waals surface area contributed by atoms with Crippen molar-refractivity contribution in [2.75, 3.05) is 24.1 Å². The number of carbonyl (C=O) groups excluding carboxylic acids is 2. The molecule has 2 amide bonds. The fourth-order valence-corrected chi connectivity index (χ4v) is 7.39. The van der Waals surface area contributed by atoms with E-state index in [2.05, 4.69) is 52.4 Å². The van der Waals surface area contributed by atoms with Crippen molar-refractivity contribution in [3.8, 4) is 11.1 Å². The van der Waals surface area contributed by atoms with E-state index in [9.17, 15) is 14.7 Å². The molecular weight excluding hydrogens is 665 g/mol. The molecule has 0 bridgehead atoms. The van der Waals surface area contributed by atoms with E-state index < -0.39 is 6.29 Å². The molecule has 53 heavy (non-hydrogen) atoms. The van der Waals surface area contributed by atoms with E-state index in [4.69, 9.17) is 15.2 Å². The molecule has 1 saturated heterocycles. The summed E-state index contributed by atoms with van der Waals surface area (Å²) in [7, 11) is 0. The maximum atomic E-state index is 12.7. The van der Waals surface area contributed by atoms with E-state index in [0.717, 1.165) is 52.9 Å². The Kier molecular flexibility index (Phi) is 13.5. The number of rotatable bonds is 16. The Morgan fingerprint density at radius 2 is 1.57 bits per heavy atom. The van der Waals surface area contributed by atoms with Crippen LogP contribution in [-0.4, -0.2) is 47.1 Å². The van der Waals surface area contributed by atoms with Gasteiger partial charge in [-0.15, -0.1) is 6.58 Å². The van der Waals surface area contributed by atoms with Crippen molar-refractivity contribution in [3.63, 3.8) is 0 Å². The number of ether oxygens (including phenoxy) is 2. The van der Waals surface area contributed by atoms with Gasteiger partial charge in [0.25, 0.3) is 0 Å². The molecule has 1 saturated carbocycles. The fourth-order valence-electron chi connectivity index (χ4n) is 7.39. The van der Waals surface area contributed by atoms with Crippen LogP contribution in [0.15, 0.2) is 110 Å². The molecular formula is C44H52N4O5. The molecule has 1 aliphatic heterocycles. The van der Waals surface area contributed by atoms with Crippen LogP contribution in [0.25, 0.3) is 11.1 Å². The van der Waals surface area contributed by atoms with Gasteiger partial charge in [0.15, 0.2) is 6.29 Å². The predicted octanol–water partition coefficient (Wildman–Crippen LogP) is 7.83. The van der Waals surface area contributed by atoms with Crippen LogP contribution in [0.4, 0.5) is 11.4 Å². The van der Waals surface area contributed by atoms with E-state index >= 15 is 0 Å². The van der Waals surface area contributed by atoms with E-state index in [-0.39, 0.29) is 43.5 Å². The van der Waals surface area contributed by atoms with Gasteiger partial charge in [0.1, 0.15) is 0 Å². The van der Waals surface area contributed by atoms with Gasteiger partial charge in [0.2, 0.25) is 11.8 Å². The number of benzene rings is 4. The number of hydrogen-bond acceptors (Lipinski definition) is 7. The third-order valence-corrected chi connectivity index (χ3v) is 10.3. The summed E-state index contributed by atoms with van der Waals surface area (Å²) >= 11 is 0. The van der Waals surface area contributed by atoms with Crippen molar-refractivity contribution in [3.05, 3.63) is 132 Å². The number of nitrogen functional groups attached to an aromatic ring is 1. The SMILES string of the molecule is C=CCN(C[C@H]1C[C@@H](c2ccc(CO)cc2)O[C@@H](c2ccc(-c3ccccc3CNC(=O)CCCC(=O)Nc3ccccc3N)cc2)O1)C1CCCC1. The summed E-state index contributed by atoms with van der Waals surface area (Å²) < 4.78 is 13.3. The van der Waals surface area contributed by atoms with Crippen molar-refractivity contribution >= 4 is 23.2 Å². The Morgan fingerprint density at radius 3 is 2.30 bits per heavy atom. The number of aliphatic hydroxyl groups excluding tert-OH is 1. The first-order valence-corrected chi connectivity index (χ1v) is 18.8. The van der Waals surface area contributed by atoms with Crippen LogP contribution in [-0.2, 0) is 32.2 Å². The van der Waals surface area contributed by atoms with Gasteiger partial charge in [-0.2, -0.15) is 0 Å². The van der Waals surface area contributed by atoms with Gasteiger partial charge in [-0.25, -0.2) is 0 Å². The van der Waals surface area contributed by atoms with Crippen LogP contribution < -0.4 is 16.4 Å². The van der Waals surface area contributed by atoms with Gasteiger partial charge in [-0.3, -0.25) is 14.5 Å². The summed E-state index contributed by atoms with van der Waals surface area (Å²) in [6.45, 7) is 6.06. The molecule has 6 rings (SSSR count). The van der Waals surface area contributed by atoms with E-state index in [1.165, 1.54) is 25.7 Å². The summed E-state index contributed by atoms with van der Waals surface area (Å²) in [6.07, 6.45) is 7.87. The average molecular weight is 717 g/mol. The quantitative estimate of drug-likeness (QED) is 0.0688. The molecule has 4 aromatic carbocycles. The largest absolute Gasteiger partial charge is 0.397 e. The molecule has 3 atom stereocenters. The number of aliphatic hydroxyl groups is 1. The van der Waals surface area contributed by atoms with Gasteiger partial charge in [-0.05, 0) is 59.2 Å². The van der Waals surface area contributed by atoms with Crippen molar-refractivity contribution in [2.24, 2.45) is 0 Å². The molecule has 1 heterocycles. The maximum absolute atomic E-state index is 12.7. The molecule has 0 spiro atoms. The zero-order valence-corrected chi connectivity index (χ0v) is 30.4. The summed E-state index contributed by atoms with van der Waals surface area (Å²) in [4.78, 5) is 27.6. The Balaban J connectivity index is 1.09. The first-order valence-electron chi connectivity index (χ1n) is 18.8. The average Bonchev–Trinajstić information content (AvgIpc) is 3.73. The summed E-state index contributed by atoms with van der Waals surface area (Å²) in [5.74, 6) is -0.279. The predicted molar refractivity (Wildman–Crippen MR) is 210 cm³/mol. The highest BCUT2D eigenvalue weighted by molar-refractivity contribution is 5.94. The number of carbonyl (C=O) groups is 2. The minimum atomic E-state index is -0.541. The lowest BCUT2D eigenvalue weighted by molar-refractivity contribution is -0.253. The second kappa shape index (κ2) is 18.8. The molecule has 9 heteroatoms. The molecule has 0 unspecified atom stereocenters. The molecule has 278 valence electrons. The lowest BCUT2D eigenvalue weighted by atomic mass is 9.97. The van der Waals surface area contributed by atoms with Crippen LogP contribution in [0.5, 0.6) is 0 Å². The maximum Gasteiger partial charge on any atom is 0.224 e. The van der Waals surface area contributed by atoms with Gasteiger partial charge in [-0.1, -0.05) is 104 Å². The Morgan fingerprint density at radius 1 is 0.868 bits per heavy atom. The third kappa shape index (κ3) is 10.4. The zero-order chi connectivity index (χ0) is 37.0. The van der Waals surface area contributed by atoms with Crippen molar-refractivity contribution in [1.82, 2.24) is 10.2 Å². The number of anilines is 2.